The van der Waals surface area contributed by atoms with E-state index in [0.717, 1.165) is 12.8 Å². The summed E-state index contributed by atoms with van der Waals surface area (Å²) in [5, 5.41) is 0. The van der Waals surface area contributed by atoms with Crippen LogP contribution in [0.4, 0.5) is 0 Å². The monoisotopic (exact) mass is 142 g/mol. The molecule has 0 N–H and O–H groups in total. The minimum absolute atomic E-state index is 0.273. The Balaban J connectivity index is 0. The van der Waals surface area contributed by atoms with Gasteiger partial charge in [0, 0.05) is 6.42 Å². The first-order chi connectivity index (χ1) is 4.89. The molecule has 0 aromatic carbocycles. The summed E-state index contributed by atoms with van der Waals surface area (Å²) in [7, 11) is 0. The van der Waals surface area contributed by atoms with E-state index in [9.17, 15) is 4.79 Å². The molecule has 0 radical (unpaired) electrons. The summed E-state index contributed by atoms with van der Waals surface area (Å²) in [5.41, 5.74) is 0. The third-order valence-corrected chi connectivity index (χ3v) is 0.861. The second-order valence-corrected chi connectivity index (χ2v) is 1.41. The van der Waals surface area contributed by atoms with Gasteiger partial charge in [-0.25, -0.2) is 0 Å². The highest BCUT2D eigenvalue weighted by Crippen LogP contribution is 2.01. The van der Waals surface area contributed by atoms with Crippen molar-refractivity contribution in [3.8, 4) is 0 Å². The lowest BCUT2D eigenvalue weighted by Gasteiger charge is -1.71. The number of ketones is 1. The summed E-state index contributed by atoms with van der Waals surface area (Å²) in [6, 6.07) is 0. The molecule has 1 rings (SSSR count). The Morgan fingerprint density at radius 3 is 1.80 bits per heavy atom. The average Bonchev–Trinajstić information content (AvgIpc) is 2.48. The summed E-state index contributed by atoms with van der Waals surface area (Å²) in [4.78, 5) is 10.2. The lowest BCUT2D eigenvalue weighted by atomic mass is 10.3. The van der Waals surface area contributed by atoms with Crippen LogP contribution >= 0.6 is 0 Å². The molecule has 1 heteroatoms. The van der Waals surface area contributed by atoms with Crippen molar-refractivity contribution in [2.24, 2.45) is 0 Å². The molecule has 60 valence electrons. The van der Waals surface area contributed by atoms with Gasteiger partial charge in [0.25, 0.3) is 0 Å². The molecule has 10 heavy (non-hydrogen) atoms. The van der Waals surface area contributed by atoms with Crippen molar-refractivity contribution in [3.63, 3.8) is 0 Å². The average molecular weight is 142 g/mol. The Morgan fingerprint density at radius 1 is 1.20 bits per heavy atom. The van der Waals surface area contributed by atoms with E-state index in [0.29, 0.717) is 0 Å². The van der Waals surface area contributed by atoms with Crippen molar-refractivity contribution in [2.45, 2.75) is 40.5 Å². The van der Waals surface area contributed by atoms with E-state index in [1.54, 1.807) is 6.08 Å². The largest absolute Gasteiger partial charge is 0.295 e. The number of rotatable bonds is 0. The van der Waals surface area contributed by atoms with Crippen molar-refractivity contribution in [1.29, 1.82) is 0 Å². The van der Waals surface area contributed by atoms with Gasteiger partial charge in [0.1, 0.15) is 0 Å². The van der Waals surface area contributed by atoms with E-state index in [1.165, 1.54) is 0 Å². The maximum atomic E-state index is 10.2. The molecule has 0 saturated carbocycles. The minimum atomic E-state index is 0.273. The van der Waals surface area contributed by atoms with Crippen molar-refractivity contribution in [1.82, 2.24) is 0 Å². The molecule has 0 heterocycles. The van der Waals surface area contributed by atoms with E-state index < -0.39 is 0 Å². The van der Waals surface area contributed by atoms with E-state index in [-0.39, 0.29) is 5.78 Å². The summed E-state index contributed by atoms with van der Waals surface area (Å²) in [6.07, 6.45) is 5.24. The van der Waals surface area contributed by atoms with Crippen LogP contribution in [0.5, 0.6) is 0 Å². The maximum absolute atomic E-state index is 10.2. The van der Waals surface area contributed by atoms with Gasteiger partial charge in [-0.3, -0.25) is 4.79 Å². The molecule has 0 fully saturated rings. The highest BCUT2D eigenvalue weighted by molar-refractivity contribution is 5.91. The molecule has 0 aliphatic heterocycles. The summed E-state index contributed by atoms with van der Waals surface area (Å²) in [6.45, 7) is 8.00. The first kappa shape index (κ1) is 12.1. The first-order valence-corrected chi connectivity index (χ1v) is 4.09. The normalized spacial score (nSPS) is 13.0. The standard InChI is InChI=1S/C5H6O.2C2H6/c6-5-3-1-2-4-5;2*1-2/h1,3H,2,4H2;2*1-2H3. The molecule has 0 saturated heterocycles. The van der Waals surface area contributed by atoms with Crippen LogP contribution in [0.15, 0.2) is 12.2 Å². The minimum Gasteiger partial charge on any atom is -0.295 e. The predicted octanol–water partition coefficient (Wildman–Crippen LogP) is 2.96. The number of allylic oxidation sites excluding steroid dienone is 2. The van der Waals surface area contributed by atoms with Gasteiger partial charge in [-0.2, -0.15) is 0 Å². The Hall–Kier alpha value is -0.590. The highest BCUT2D eigenvalue weighted by atomic mass is 16.1. The Morgan fingerprint density at radius 2 is 1.70 bits per heavy atom. The summed E-state index contributed by atoms with van der Waals surface area (Å²) in [5.74, 6) is 0.273. The van der Waals surface area contributed by atoms with E-state index in [1.807, 2.05) is 33.8 Å². The van der Waals surface area contributed by atoms with Crippen LogP contribution in [0, 0.1) is 0 Å². The van der Waals surface area contributed by atoms with Crippen LogP contribution in [0.25, 0.3) is 0 Å². The zero-order valence-electron chi connectivity index (χ0n) is 7.48. The summed E-state index contributed by atoms with van der Waals surface area (Å²) < 4.78 is 0. The van der Waals surface area contributed by atoms with Crippen LogP contribution in [-0.4, -0.2) is 5.78 Å². The molecule has 1 aliphatic rings. The highest BCUT2D eigenvalue weighted by Gasteiger charge is 1.98. The molecule has 0 spiro atoms. The van der Waals surface area contributed by atoms with E-state index in [4.69, 9.17) is 0 Å². The van der Waals surface area contributed by atoms with Crippen molar-refractivity contribution >= 4 is 5.78 Å². The molecule has 0 bridgehead atoms. The molecular weight excluding hydrogens is 124 g/mol. The Labute approximate surface area is 64.1 Å². The number of hydrogen-bond acceptors (Lipinski definition) is 1. The van der Waals surface area contributed by atoms with Gasteiger partial charge in [0.2, 0.25) is 0 Å². The second kappa shape index (κ2) is 11.2. The topological polar surface area (TPSA) is 17.1 Å². The molecular formula is C9H18O. The van der Waals surface area contributed by atoms with Crippen LogP contribution in [-0.2, 0) is 4.79 Å². The van der Waals surface area contributed by atoms with Gasteiger partial charge in [-0.15, -0.1) is 0 Å². The zero-order valence-corrected chi connectivity index (χ0v) is 7.48. The van der Waals surface area contributed by atoms with Gasteiger partial charge in [-0.1, -0.05) is 33.8 Å². The fourth-order valence-electron chi connectivity index (χ4n) is 0.524. The number of hydrogen-bond donors (Lipinski definition) is 0. The van der Waals surface area contributed by atoms with Gasteiger partial charge in [-0.05, 0) is 12.5 Å². The van der Waals surface area contributed by atoms with Crippen LogP contribution in [0.3, 0.4) is 0 Å². The molecule has 0 aromatic rings. The van der Waals surface area contributed by atoms with Crippen LogP contribution < -0.4 is 0 Å². The van der Waals surface area contributed by atoms with Crippen molar-refractivity contribution in [3.05, 3.63) is 12.2 Å². The fourth-order valence-corrected chi connectivity index (χ4v) is 0.524. The van der Waals surface area contributed by atoms with Gasteiger partial charge in [0.15, 0.2) is 5.78 Å². The lowest BCUT2D eigenvalue weighted by Crippen LogP contribution is -1.80. The zero-order chi connectivity index (χ0) is 8.41. The smallest absolute Gasteiger partial charge is 0.155 e. The third kappa shape index (κ3) is 7.41. The van der Waals surface area contributed by atoms with Gasteiger partial charge in [0.05, 0.1) is 0 Å². The fraction of sp³-hybridized carbons (Fsp3) is 0.667. The Kier molecular flexibility index (Phi) is 13.6. The van der Waals surface area contributed by atoms with E-state index in [2.05, 4.69) is 0 Å². The number of carbonyl (C=O) groups is 1. The predicted molar refractivity (Wildman–Crippen MR) is 46.1 cm³/mol. The summed E-state index contributed by atoms with van der Waals surface area (Å²) >= 11 is 0. The maximum Gasteiger partial charge on any atom is 0.155 e. The van der Waals surface area contributed by atoms with Gasteiger partial charge >= 0.3 is 0 Å². The second-order valence-electron chi connectivity index (χ2n) is 1.41. The van der Waals surface area contributed by atoms with Crippen molar-refractivity contribution < 1.29 is 4.79 Å². The lowest BCUT2D eigenvalue weighted by molar-refractivity contribution is -0.114. The molecule has 0 aromatic heterocycles. The van der Waals surface area contributed by atoms with E-state index >= 15 is 0 Å². The van der Waals surface area contributed by atoms with Crippen molar-refractivity contribution in [2.75, 3.05) is 0 Å². The third-order valence-electron chi connectivity index (χ3n) is 0.861. The Bertz CT molecular complexity index is 92.9. The van der Waals surface area contributed by atoms with Crippen LogP contribution in [0.2, 0.25) is 0 Å². The molecule has 0 amide bonds. The molecule has 1 nitrogen and oxygen atoms in total. The molecule has 0 unspecified atom stereocenters. The van der Waals surface area contributed by atoms with Gasteiger partial charge < -0.3 is 0 Å². The van der Waals surface area contributed by atoms with Crippen LogP contribution in [0.1, 0.15) is 40.5 Å². The first-order valence-electron chi connectivity index (χ1n) is 4.09. The number of carbonyl (C=O) groups excluding carboxylic acids is 1. The molecule has 0 atom stereocenters. The quantitative estimate of drug-likeness (QED) is 0.508. The SMILES string of the molecule is CC.CC.O=C1C=CCC1. The molecule has 1 aliphatic carbocycles.